The van der Waals surface area contributed by atoms with E-state index in [2.05, 4.69) is 10.1 Å². The van der Waals surface area contributed by atoms with Gasteiger partial charge in [-0.1, -0.05) is 24.3 Å². The Hall–Kier alpha value is -4.58. The first-order chi connectivity index (χ1) is 19.3. The fraction of sp³-hybridized carbons (Fsp3) is 0.179. The maximum Gasteiger partial charge on any atom is 0.264 e. The lowest BCUT2D eigenvalue weighted by Crippen LogP contribution is -2.30. The average Bonchev–Trinajstić information content (AvgIpc) is 3.59. The largest absolute Gasteiger partial charge is 0.491 e. The van der Waals surface area contributed by atoms with Gasteiger partial charge in [0.1, 0.15) is 12.4 Å². The Bertz CT molecular complexity index is 1750. The first-order valence-electron chi connectivity index (χ1n) is 12.4. The van der Waals surface area contributed by atoms with E-state index in [-0.39, 0.29) is 12.8 Å². The molecule has 0 bridgehead atoms. The number of carbonyl (C=O) groups excluding carboxylic acids is 1. The van der Waals surface area contributed by atoms with Crippen molar-refractivity contribution in [3.8, 4) is 5.75 Å². The predicted molar refractivity (Wildman–Crippen MR) is 143 cm³/mol. The summed E-state index contributed by atoms with van der Waals surface area (Å²) in [5.74, 6) is -2.74. The molecule has 3 aromatic carbocycles. The van der Waals surface area contributed by atoms with Crippen LogP contribution in [-0.4, -0.2) is 40.3 Å². The summed E-state index contributed by atoms with van der Waals surface area (Å²) in [6.45, 7) is 1.38. The summed E-state index contributed by atoms with van der Waals surface area (Å²) < 4.78 is 63.4. The highest BCUT2D eigenvalue weighted by Crippen LogP contribution is 2.24. The van der Waals surface area contributed by atoms with Crippen LogP contribution in [-0.2, 0) is 34.3 Å². The number of para-hydroxylation sites is 2. The van der Waals surface area contributed by atoms with E-state index in [0.717, 1.165) is 22.7 Å². The number of ether oxygens (including phenoxy) is 1. The minimum atomic E-state index is -4.36. The maximum atomic E-state index is 13.5. The number of sulfonamides is 1. The molecule has 0 saturated heterocycles. The highest BCUT2D eigenvalue weighted by atomic mass is 32.2. The van der Waals surface area contributed by atoms with Crippen molar-refractivity contribution in [2.75, 3.05) is 6.61 Å². The molecule has 0 aliphatic carbocycles. The Balaban J connectivity index is 1.27. The lowest BCUT2D eigenvalue weighted by atomic mass is 10.1. The molecule has 0 spiro atoms. The molecule has 1 amide bonds. The van der Waals surface area contributed by atoms with E-state index in [1.54, 1.807) is 17.2 Å². The molecule has 2 heterocycles. The minimum Gasteiger partial charge on any atom is -0.491 e. The number of benzene rings is 3. The number of nitrogens with zero attached hydrogens (tertiary/aromatic N) is 4. The third kappa shape index (κ3) is 6.34. The van der Waals surface area contributed by atoms with Gasteiger partial charge >= 0.3 is 0 Å². The van der Waals surface area contributed by atoms with E-state index in [1.165, 1.54) is 0 Å². The van der Waals surface area contributed by atoms with Gasteiger partial charge in [-0.15, -0.1) is 0 Å². The standard InChI is InChI=1S/C28H25F2N5O4S/c29-23-10-9-22(17-24(23)30)40(37,38)33-28(36)11-8-21-7-6-20(18-35-13-3-12-32-35)16-27(21)39-15-14-34-19-31-25-4-1-2-5-26(25)34/h1-7,9-10,12-13,16-17,19H,8,11,14-15,18H2,(H,33,36). The summed E-state index contributed by atoms with van der Waals surface area (Å²) in [5.41, 5.74) is 3.51. The number of carbonyl (C=O) groups is 1. The van der Waals surface area contributed by atoms with Crippen LogP contribution >= 0.6 is 0 Å². The van der Waals surface area contributed by atoms with Crippen LogP contribution in [0.5, 0.6) is 5.75 Å². The van der Waals surface area contributed by atoms with Crippen LogP contribution in [0.3, 0.4) is 0 Å². The zero-order valence-corrected chi connectivity index (χ0v) is 22.0. The van der Waals surface area contributed by atoms with Crippen LogP contribution in [0.1, 0.15) is 17.5 Å². The van der Waals surface area contributed by atoms with Crippen molar-refractivity contribution in [1.29, 1.82) is 0 Å². The van der Waals surface area contributed by atoms with Crippen LogP contribution in [0.4, 0.5) is 8.78 Å². The molecule has 0 unspecified atom stereocenters. The number of halogens is 2. The molecule has 0 aliphatic heterocycles. The van der Waals surface area contributed by atoms with Gasteiger partial charge in [0.2, 0.25) is 5.91 Å². The Morgan fingerprint density at radius 2 is 1.85 bits per heavy atom. The highest BCUT2D eigenvalue weighted by molar-refractivity contribution is 7.90. The van der Waals surface area contributed by atoms with Gasteiger partial charge in [0.15, 0.2) is 11.6 Å². The molecular formula is C28H25F2N5O4S. The van der Waals surface area contributed by atoms with E-state index < -0.39 is 32.5 Å². The Morgan fingerprint density at radius 1 is 1.00 bits per heavy atom. The van der Waals surface area contributed by atoms with Crippen molar-refractivity contribution in [1.82, 2.24) is 24.1 Å². The van der Waals surface area contributed by atoms with Crippen molar-refractivity contribution >= 4 is 27.0 Å². The molecule has 40 heavy (non-hydrogen) atoms. The maximum absolute atomic E-state index is 13.5. The molecule has 9 nitrogen and oxygen atoms in total. The zero-order chi connectivity index (χ0) is 28.1. The van der Waals surface area contributed by atoms with Gasteiger partial charge in [-0.2, -0.15) is 5.10 Å². The lowest BCUT2D eigenvalue weighted by Gasteiger charge is -2.14. The van der Waals surface area contributed by atoms with E-state index in [0.29, 0.717) is 43.1 Å². The van der Waals surface area contributed by atoms with Crippen molar-refractivity contribution in [3.05, 3.63) is 108 Å². The fourth-order valence-electron chi connectivity index (χ4n) is 4.21. The summed E-state index contributed by atoms with van der Waals surface area (Å²) in [5, 5.41) is 4.23. The monoisotopic (exact) mass is 565 g/mol. The number of amides is 1. The topological polar surface area (TPSA) is 108 Å². The molecule has 5 aromatic rings. The normalized spacial score (nSPS) is 11.6. The summed E-state index contributed by atoms with van der Waals surface area (Å²) in [6.07, 6.45) is 5.29. The number of aryl methyl sites for hydroxylation is 1. The summed E-state index contributed by atoms with van der Waals surface area (Å²) in [4.78, 5) is 16.4. The van der Waals surface area contributed by atoms with Gasteiger partial charge in [0, 0.05) is 18.8 Å². The Morgan fingerprint density at radius 3 is 2.65 bits per heavy atom. The number of fused-ring (bicyclic) bond motifs is 1. The first-order valence-corrected chi connectivity index (χ1v) is 13.9. The number of hydrogen-bond donors (Lipinski definition) is 1. The van der Waals surface area contributed by atoms with Crippen molar-refractivity contribution in [3.63, 3.8) is 0 Å². The average molecular weight is 566 g/mol. The number of rotatable bonds is 11. The van der Waals surface area contributed by atoms with Crippen molar-refractivity contribution < 1.29 is 26.7 Å². The molecule has 0 saturated carbocycles. The number of nitrogens with one attached hydrogen (secondary N) is 1. The Kier molecular flexibility index (Phi) is 7.87. The SMILES string of the molecule is O=C(CCc1ccc(Cn2cccn2)cc1OCCn1cnc2ccccc21)NS(=O)(=O)c1ccc(F)c(F)c1. The summed E-state index contributed by atoms with van der Waals surface area (Å²) in [7, 11) is -4.36. The molecule has 5 rings (SSSR count). The van der Waals surface area contributed by atoms with Crippen LogP contribution in [0.25, 0.3) is 11.0 Å². The molecule has 0 atom stereocenters. The first kappa shape index (κ1) is 27.0. The van der Waals surface area contributed by atoms with Crippen LogP contribution < -0.4 is 9.46 Å². The van der Waals surface area contributed by atoms with E-state index in [1.807, 2.05) is 64.0 Å². The predicted octanol–water partition coefficient (Wildman–Crippen LogP) is 4.08. The van der Waals surface area contributed by atoms with Gasteiger partial charge in [-0.25, -0.2) is 26.9 Å². The minimum absolute atomic E-state index is 0.177. The fourth-order valence-corrected chi connectivity index (χ4v) is 5.24. The molecule has 1 N–H and O–H groups in total. The van der Waals surface area contributed by atoms with Gasteiger partial charge in [-0.05, 0) is 60.0 Å². The van der Waals surface area contributed by atoms with E-state index in [9.17, 15) is 22.0 Å². The third-order valence-electron chi connectivity index (χ3n) is 6.22. The molecule has 0 radical (unpaired) electrons. The number of hydrogen-bond acceptors (Lipinski definition) is 6. The highest BCUT2D eigenvalue weighted by Gasteiger charge is 2.20. The zero-order valence-electron chi connectivity index (χ0n) is 21.2. The van der Waals surface area contributed by atoms with E-state index >= 15 is 0 Å². The molecule has 0 fully saturated rings. The van der Waals surface area contributed by atoms with E-state index in [4.69, 9.17) is 4.74 Å². The van der Waals surface area contributed by atoms with Gasteiger partial charge in [-0.3, -0.25) is 9.48 Å². The number of imidazole rings is 1. The summed E-state index contributed by atoms with van der Waals surface area (Å²) >= 11 is 0. The second kappa shape index (κ2) is 11.7. The molecule has 2 aromatic heterocycles. The molecule has 206 valence electrons. The Labute approximate surface area is 229 Å². The summed E-state index contributed by atoms with van der Waals surface area (Å²) in [6, 6.07) is 17.3. The van der Waals surface area contributed by atoms with Crippen LogP contribution in [0.2, 0.25) is 0 Å². The lowest BCUT2D eigenvalue weighted by molar-refractivity contribution is -0.119. The smallest absolute Gasteiger partial charge is 0.264 e. The van der Waals surface area contributed by atoms with Gasteiger partial charge < -0.3 is 9.30 Å². The molecule has 0 aliphatic rings. The van der Waals surface area contributed by atoms with Crippen LogP contribution in [0, 0.1) is 11.6 Å². The van der Waals surface area contributed by atoms with Gasteiger partial charge in [0.05, 0.1) is 35.3 Å². The van der Waals surface area contributed by atoms with Crippen molar-refractivity contribution in [2.45, 2.75) is 30.8 Å². The third-order valence-corrected chi connectivity index (χ3v) is 7.59. The second-order valence-electron chi connectivity index (χ2n) is 9.03. The second-order valence-corrected chi connectivity index (χ2v) is 10.7. The molecular weight excluding hydrogens is 540 g/mol. The van der Waals surface area contributed by atoms with Gasteiger partial charge in [0.25, 0.3) is 10.0 Å². The number of aromatic nitrogens is 4. The molecule has 12 heteroatoms. The van der Waals surface area contributed by atoms with Crippen LogP contribution in [0.15, 0.2) is 90.3 Å². The quantitative estimate of drug-likeness (QED) is 0.259. The van der Waals surface area contributed by atoms with Crippen molar-refractivity contribution in [2.24, 2.45) is 0 Å².